The van der Waals surface area contributed by atoms with Crippen molar-refractivity contribution in [3.05, 3.63) is 26.7 Å². The zero-order valence-electron chi connectivity index (χ0n) is 11.2. The third-order valence-electron chi connectivity index (χ3n) is 2.46. The van der Waals surface area contributed by atoms with Crippen molar-refractivity contribution in [3.8, 4) is 0 Å². The summed E-state index contributed by atoms with van der Waals surface area (Å²) < 4.78 is 6.71. The smallest absolute Gasteiger partial charge is 0.318 e. The average Bonchev–Trinajstić information content (AvgIpc) is 2.95. The van der Waals surface area contributed by atoms with E-state index in [2.05, 4.69) is 56.7 Å². The number of thiophene rings is 1. The number of nitrogens with one attached hydrogen (secondary N) is 1. The minimum Gasteiger partial charge on any atom is -0.407 e. The van der Waals surface area contributed by atoms with Gasteiger partial charge in [-0.15, -0.1) is 16.4 Å². The molecule has 0 saturated heterocycles. The summed E-state index contributed by atoms with van der Waals surface area (Å²) in [5, 5.41) is 13.4. The van der Waals surface area contributed by atoms with Crippen LogP contribution in [-0.2, 0) is 13.1 Å². The van der Waals surface area contributed by atoms with Gasteiger partial charge in [-0.25, -0.2) is 0 Å². The van der Waals surface area contributed by atoms with E-state index in [1.807, 2.05) is 11.9 Å². The maximum Gasteiger partial charge on any atom is 0.318 e. The monoisotopic (exact) mass is 344 g/mol. The Kier molecular flexibility index (Phi) is 4.95. The van der Waals surface area contributed by atoms with Gasteiger partial charge in [-0.1, -0.05) is 18.9 Å². The van der Waals surface area contributed by atoms with E-state index in [0.29, 0.717) is 24.5 Å². The van der Waals surface area contributed by atoms with E-state index < -0.39 is 0 Å². The molecule has 2 aromatic rings. The molecule has 0 aromatic carbocycles. The second-order valence-corrected chi connectivity index (χ2v) is 6.51. The van der Waals surface area contributed by atoms with Gasteiger partial charge in [0.1, 0.15) is 0 Å². The molecule has 0 saturated carbocycles. The molecule has 5 nitrogen and oxygen atoms in total. The summed E-state index contributed by atoms with van der Waals surface area (Å²) in [6, 6.07) is 3.04. The van der Waals surface area contributed by atoms with Crippen LogP contribution in [0.3, 0.4) is 0 Å². The summed E-state index contributed by atoms with van der Waals surface area (Å²) >= 11 is 5.15. The zero-order chi connectivity index (χ0) is 13.8. The Morgan fingerprint density at radius 3 is 2.89 bits per heavy atom. The van der Waals surface area contributed by atoms with E-state index in [1.54, 1.807) is 11.3 Å². The van der Waals surface area contributed by atoms with Crippen molar-refractivity contribution < 1.29 is 4.42 Å². The zero-order valence-corrected chi connectivity index (χ0v) is 13.6. The van der Waals surface area contributed by atoms with E-state index in [-0.39, 0.29) is 0 Å². The minimum atomic E-state index is 0.400. The predicted octanol–water partition coefficient (Wildman–Crippen LogP) is 3.03. The van der Waals surface area contributed by atoms with Crippen LogP contribution in [-0.4, -0.2) is 23.3 Å². The van der Waals surface area contributed by atoms with E-state index in [4.69, 9.17) is 4.42 Å². The predicted molar refractivity (Wildman–Crippen MR) is 80.4 cm³/mol. The lowest BCUT2D eigenvalue weighted by Crippen LogP contribution is -2.21. The number of halogens is 1. The number of aromatic nitrogens is 2. The largest absolute Gasteiger partial charge is 0.407 e. The maximum atomic E-state index is 5.61. The summed E-state index contributed by atoms with van der Waals surface area (Å²) in [5.41, 5.74) is 0. The summed E-state index contributed by atoms with van der Waals surface area (Å²) in [4.78, 5) is 3.19. The Labute approximate surface area is 125 Å². The van der Waals surface area contributed by atoms with Crippen molar-refractivity contribution in [2.45, 2.75) is 33.0 Å². The van der Waals surface area contributed by atoms with Gasteiger partial charge in [0.05, 0.1) is 13.1 Å². The normalized spacial score (nSPS) is 11.2. The molecule has 0 fully saturated rings. The molecule has 0 amide bonds. The quantitative estimate of drug-likeness (QED) is 0.872. The third kappa shape index (κ3) is 4.29. The first-order valence-electron chi connectivity index (χ1n) is 6.04. The number of hydrogen-bond donors (Lipinski definition) is 1. The lowest BCUT2D eigenvalue weighted by Gasteiger charge is -2.12. The number of anilines is 1. The summed E-state index contributed by atoms with van der Waals surface area (Å²) in [7, 11) is 1.95. The molecule has 0 unspecified atom stereocenters. The molecule has 19 heavy (non-hydrogen) atoms. The standard InChI is InChI=1S/C12H17BrN4OS/c1-8(2)14-5-11-15-16-12(18-11)17(3)6-10-4-9(13)7-19-10/h4,7-8,14H,5-6H2,1-3H3. The summed E-state index contributed by atoms with van der Waals surface area (Å²) in [5.74, 6) is 0.614. The Morgan fingerprint density at radius 2 is 2.26 bits per heavy atom. The van der Waals surface area contributed by atoms with Gasteiger partial charge in [-0.3, -0.25) is 0 Å². The van der Waals surface area contributed by atoms with Gasteiger partial charge in [-0.2, -0.15) is 0 Å². The molecule has 2 heterocycles. The van der Waals surface area contributed by atoms with Gasteiger partial charge in [0.15, 0.2) is 0 Å². The Morgan fingerprint density at radius 1 is 1.47 bits per heavy atom. The van der Waals surface area contributed by atoms with Crippen LogP contribution >= 0.6 is 27.3 Å². The SMILES string of the molecule is CC(C)NCc1nnc(N(C)Cc2cc(Br)cs2)o1. The lowest BCUT2D eigenvalue weighted by molar-refractivity contribution is 0.449. The molecule has 7 heteroatoms. The summed E-state index contributed by atoms with van der Waals surface area (Å²) in [6.07, 6.45) is 0. The molecule has 2 rings (SSSR count). The van der Waals surface area contributed by atoms with Gasteiger partial charge in [-0.05, 0) is 22.0 Å². The van der Waals surface area contributed by atoms with Gasteiger partial charge >= 0.3 is 6.01 Å². The van der Waals surface area contributed by atoms with E-state index in [0.717, 1.165) is 11.0 Å². The first kappa shape index (κ1) is 14.5. The molecular weight excluding hydrogens is 328 g/mol. The van der Waals surface area contributed by atoms with Crippen molar-refractivity contribution in [2.24, 2.45) is 0 Å². The first-order chi connectivity index (χ1) is 9.04. The summed E-state index contributed by atoms with van der Waals surface area (Å²) in [6.45, 7) is 5.52. The highest BCUT2D eigenvalue weighted by molar-refractivity contribution is 9.10. The van der Waals surface area contributed by atoms with Crippen molar-refractivity contribution >= 4 is 33.3 Å². The fraction of sp³-hybridized carbons (Fsp3) is 0.500. The molecule has 104 valence electrons. The van der Waals surface area contributed by atoms with Crippen LogP contribution in [0.1, 0.15) is 24.6 Å². The van der Waals surface area contributed by atoms with Gasteiger partial charge in [0, 0.05) is 27.8 Å². The van der Waals surface area contributed by atoms with Crippen molar-refractivity contribution in [3.63, 3.8) is 0 Å². The van der Waals surface area contributed by atoms with Crippen LogP contribution in [0.2, 0.25) is 0 Å². The maximum absolute atomic E-state index is 5.61. The van der Waals surface area contributed by atoms with E-state index >= 15 is 0 Å². The molecule has 0 spiro atoms. The first-order valence-corrected chi connectivity index (χ1v) is 7.71. The highest BCUT2D eigenvalue weighted by atomic mass is 79.9. The highest BCUT2D eigenvalue weighted by Crippen LogP contribution is 2.22. The lowest BCUT2D eigenvalue weighted by atomic mass is 10.4. The molecule has 0 aliphatic heterocycles. The van der Waals surface area contributed by atoms with Gasteiger partial charge in [0.2, 0.25) is 5.89 Å². The van der Waals surface area contributed by atoms with Crippen LogP contribution in [0, 0.1) is 0 Å². The number of hydrogen-bond acceptors (Lipinski definition) is 6. The van der Waals surface area contributed by atoms with Crippen molar-refractivity contribution in [1.82, 2.24) is 15.5 Å². The molecule has 0 atom stereocenters. The van der Waals surface area contributed by atoms with Crippen molar-refractivity contribution in [1.29, 1.82) is 0 Å². The topological polar surface area (TPSA) is 54.2 Å². The second-order valence-electron chi connectivity index (χ2n) is 4.60. The average molecular weight is 345 g/mol. The molecular formula is C12H17BrN4OS. The van der Waals surface area contributed by atoms with Crippen LogP contribution in [0.4, 0.5) is 6.01 Å². The van der Waals surface area contributed by atoms with Crippen LogP contribution in [0.5, 0.6) is 0 Å². The molecule has 0 radical (unpaired) electrons. The number of nitrogens with zero attached hydrogens (tertiary/aromatic N) is 3. The van der Waals surface area contributed by atoms with Crippen LogP contribution in [0.15, 0.2) is 20.3 Å². The van der Waals surface area contributed by atoms with Gasteiger partial charge < -0.3 is 14.6 Å². The molecule has 0 aliphatic carbocycles. The fourth-order valence-electron chi connectivity index (χ4n) is 1.50. The fourth-order valence-corrected chi connectivity index (χ4v) is 3.00. The Bertz CT molecular complexity index is 525. The van der Waals surface area contributed by atoms with Crippen molar-refractivity contribution in [2.75, 3.05) is 11.9 Å². The molecule has 0 bridgehead atoms. The van der Waals surface area contributed by atoms with Gasteiger partial charge in [0.25, 0.3) is 0 Å². The number of rotatable bonds is 6. The third-order valence-corrected chi connectivity index (χ3v) is 4.14. The van der Waals surface area contributed by atoms with Crippen LogP contribution < -0.4 is 10.2 Å². The Balaban J connectivity index is 1.94. The minimum absolute atomic E-state index is 0.400. The Hall–Kier alpha value is -0.920. The van der Waals surface area contributed by atoms with Crippen LogP contribution in [0.25, 0.3) is 0 Å². The molecule has 1 N–H and O–H groups in total. The highest BCUT2D eigenvalue weighted by Gasteiger charge is 2.12. The van der Waals surface area contributed by atoms with E-state index in [1.165, 1.54) is 4.88 Å². The molecule has 2 aromatic heterocycles. The van der Waals surface area contributed by atoms with E-state index in [9.17, 15) is 0 Å². The molecule has 0 aliphatic rings. The second kappa shape index (κ2) is 6.49.